The predicted molar refractivity (Wildman–Crippen MR) is 164 cm³/mol. The Hall–Kier alpha value is -2.18. The molecule has 1 N–H and O–H groups in total. The number of methoxy groups -OCH3 is 1. The zero-order valence-corrected chi connectivity index (χ0v) is 28.7. The Balaban J connectivity index is 2.69. The molecule has 2 heterocycles. The average molecular weight is 626 g/mol. The van der Waals surface area contributed by atoms with E-state index in [1.54, 1.807) is 27.7 Å². The van der Waals surface area contributed by atoms with Crippen molar-refractivity contribution in [2.24, 2.45) is 17.8 Å². The van der Waals surface area contributed by atoms with Gasteiger partial charge in [-0.3, -0.25) is 19.2 Å². The molecule has 1 saturated heterocycles. The molecule has 11 atom stereocenters. The molecule has 0 bridgehead atoms. The molecule has 11 nitrogen and oxygen atoms in total. The molecular formula is C33H55NO10. The van der Waals surface area contributed by atoms with Gasteiger partial charge in [0.25, 0.3) is 0 Å². The first-order valence-electron chi connectivity index (χ1n) is 15.7. The summed E-state index contributed by atoms with van der Waals surface area (Å²) in [6.07, 6.45) is -1.05. The van der Waals surface area contributed by atoms with Crippen molar-refractivity contribution in [3.63, 3.8) is 0 Å². The first kappa shape index (κ1) is 38.0. The standard InChI is InChI=1S/C33H55NO10/c1-13-14-25-32(8,39)16-18(2)26(36)19(3)17-33(9,40-12)29(21(5)27(37)22(6)30(38)43-25)44-31-28(42-23(7)35)24(34(10)11)15-20(4)41-31/h16,19-22,24-25,28-29,31,39H,13-15,17H2,1-12H3/t19-,20-,21+,22-,24+,25-,28-,29-,31+,32+,33-/m1/s1. The van der Waals surface area contributed by atoms with E-state index in [4.69, 9.17) is 23.7 Å². The number of hydrogen-bond donors (Lipinski definition) is 1. The summed E-state index contributed by atoms with van der Waals surface area (Å²) in [5.74, 6) is -4.71. The highest BCUT2D eigenvalue weighted by Gasteiger charge is 2.50. The molecule has 0 aromatic rings. The molecule has 1 fully saturated rings. The lowest BCUT2D eigenvalue weighted by Crippen LogP contribution is -2.60. The lowest BCUT2D eigenvalue weighted by atomic mass is 9.77. The first-order chi connectivity index (χ1) is 20.3. The van der Waals surface area contributed by atoms with Gasteiger partial charge in [-0.25, -0.2) is 0 Å². The zero-order chi connectivity index (χ0) is 33.7. The number of cyclic esters (lactones) is 1. The van der Waals surface area contributed by atoms with Crippen molar-refractivity contribution in [1.29, 1.82) is 0 Å². The van der Waals surface area contributed by atoms with E-state index in [2.05, 4.69) is 0 Å². The third-order valence-corrected chi connectivity index (χ3v) is 9.10. The highest BCUT2D eigenvalue weighted by atomic mass is 16.7. The van der Waals surface area contributed by atoms with Crippen molar-refractivity contribution in [1.82, 2.24) is 4.90 Å². The second kappa shape index (κ2) is 15.4. The van der Waals surface area contributed by atoms with Crippen molar-refractivity contribution < 1.29 is 48.0 Å². The van der Waals surface area contributed by atoms with Crippen molar-refractivity contribution >= 4 is 23.5 Å². The second-order valence-corrected chi connectivity index (χ2v) is 13.4. The molecule has 0 aromatic carbocycles. The topological polar surface area (TPSA) is 138 Å². The third-order valence-electron chi connectivity index (χ3n) is 9.10. The lowest BCUT2D eigenvalue weighted by Gasteiger charge is -2.47. The maximum absolute atomic E-state index is 14.0. The zero-order valence-electron chi connectivity index (χ0n) is 28.7. The third kappa shape index (κ3) is 8.96. The van der Waals surface area contributed by atoms with Gasteiger partial charge in [0.05, 0.1) is 23.9 Å². The van der Waals surface area contributed by atoms with Crippen LogP contribution in [0.4, 0.5) is 0 Å². The largest absolute Gasteiger partial charge is 0.458 e. The highest BCUT2D eigenvalue weighted by Crippen LogP contribution is 2.38. The van der Waals surface area contributed by atoms with Crippen molar-refractivity contribution in [3.8, 4) is 0 Å². The molecule has 44 heavy (non-hydrogen) atoms. The average Bonchev–Trinajstić information content (AvgIpc) is 2.93. The van der Waals surface area contributed by atoms with Crippen LogP contribution in [0, 0.1) is 17.8 Å². The fourth-order valence-electron chi connectivity index (χ4n) is 6.53. The van der Waals surface area contributed by atoms with Gasteiger partial charge in [0.2, 0.25) is 0 Å². The van der Waals surface area contributed by atoms with Crippen molar-refractivity contribution in [2.45, 2.75) is 136 Å². The predicted octanol–water partition coefficient (Wildman–Crippen LogP) is 3.63. The fraction of sp³-hybridized carbons (Fsp3) is 0.818. The molecule has 0 spiro atoms. The smallest absolute Gasteiger partial charge is 0.316 e. The van der Waals surface area contributed by atoms with E-state index in [1.165, 1.54) is 34.0 Å². The van der Waals surface area contributed by atoms with Crippen LogP contribution in [0.3, 0.4) is 0 Å². The van der Waals surface area contributed by atoms with E-state index in [0.29, 0.717) is 24.8 Å². The van der Waals surface area contributed by atoms with Crippen molar-refractivity contribution in [3.05, 3.63) is 11.6 Å². The minimum absolute atomic E-state index is 0.146. The number of ketones is 2. The quantitative estimate of drug-likeness (QED) is 0.328. The number of carbonyl (C=O) groups is 4. The Morgan fingerprint density at radius 3 is 2.27 bits per heavy atom. The number of likely N-dealkylation sites (N-methyl/N-ethyl adjacent to an activating group) is 1. The van der Waals surface area contributed by atoms with Crippen LogP contribution in [0.1, 0.15) is 88.0 Å². The number of esters is 2. The van der Waals surface area contributed by atoms with Gasteiger partial charge in [-0.2, -0.15) is 0 Å². The summed E-state index contributed by atoms with van der Waals surface area (Å²) in [6.45, 7) is 14.9. The summed E-state index contributed by atoms with van der Waals surface area (Å²) in [7, 11) is 5.23. The van der Waals surface area contributed by atoms with Crippen LogP contribution in [-0.2, 0) is 42.9 Å². The number of ether oxygens (including phenoxy) is 5. The molecule has 11 heteroatoms. The summed E-state index contributed by atoms with van der Waals surface area (Å²) in [5.41, 5.74) is -2.55. The number of aliphatic hydroxyl groups is 1. The SMILES string of the molecule is CCC[C@H]1OC(=O)[C@H](C)C(=O)[C@H](C)[C@@H](O[C@@H]2O[C@H](C)C[C@H](N(C)C)[C@H]2OC(C)=O)[C@](C)(OC)C[C@@H](C)C(=O)C(C)=C[C@]1(C)O. The summed E-state index contributed by atoms with van der Waals surface area (Å²) in [4.78, 5) is 55.1. The summed E-state index contributed by atoms with van der Waals surface area (Å²) >= 11 is 0. The lowest BCUT2D eigenvalue weighted by molar-refractivity contribution is -0.297. The van der Waals surface area contributed by atoms with Gasteiger partial charge in [0, 0.05) is 25.9 Å². The van der Waals surface area contributed by atoms with Crippen LogP contribution in [0.15, 0.2) is 11.6 Å². The van der Waals surface area contributed by atoms with E-state index in [0.717, 1.165) is 0 Å². The van der Waals surface area contributed by atoms with Crippen LogP contribution < -0.4 is 0 Å². The summed E-state index contributed by atoms with van der Waals surface area (Å²) in [6, 6.07) is -0.239. The number of allylic oxidation sites excluding steroid dienone is 1. The van der Waals surface area contributed by atoms with Gasteiger partial charge in [-0.15, -0.1) is 0 Å². The van der Waals surface area contributed by atoms with Gasteiger partial charge in [-0.05, 0) is 79.6 Å². The van der Waals surface area contributed by atoms with E-state index in [1.807, 2.05) is 32.8 Å². The number of nitrogens with zero attached hydrogens (tertiary/aromatic N) is 1. The van der Waals surface area contributed by atoms with E-state index in [-0.39, 0.29) is 24.3 Å². The monoisotopic (exact) mass is 625 g/mol. The normalized spacial score (nSPS) is 39.8. The maximum Gasteiger partial charge on any atom is 0.316 e. The Bertz CT molecular complexity index is 1070. The fourth-order valence-corrected chi connectivity index (χ4v) is 6.53. The molecule has 2 rings (SSSR count). The van der Waals surface area contributed by atoms with Crippen LogP contribution in [0.2, 0.25) is 0 Å². The first-order valence-corrected chi connectivity index (χ1v) is 15.7. The van der Waals surface area contributed by atoms with Gasteiger partial charge in [0.15, 0.2) is 24.0 Å². The molecule has 0 radical (unpaired) electrons. The van der Waals surface area contributed by atoms with Crippen LogP contribution in [0.5, 0.6) is 0 Å². The van der Waals surface area contributed by atoms with Crippen LogP contribution in [0.25, 0.3) is 0 Å². The molecule has 252 valence electrons. The molecule has 2 aliphatic heterocycles. The van der Waals surface area contributed by atoms with E-state index in [9.17, 15) is 24.3 Å². The van der Waals surface area contributed by atoms with E-state index >= 15 is 0 Å². The molecule has 0 aromatic heterocycles. The number of rotatable bonds is 7. The van der Waals surface area contributed by atoms with E-state index < -0.39 is 71.3 Å². The molecule has 2 aliphatic rings. The molecule has 0 amide bonds. The maximum atomic E-state index is 14.0. The minimum Gasteiger partial charge on any atom is -0.458 e. The van der Waals surface area contributed by atoms with Crippen LogP contribution in [-0.4, -0.2) is 103 Å². The van der Waals surface area contributed by atoms with Gasteiger partial charge in [-0.1, -0.05) is 27.2 Å². The minimum atomic E-state index is -1.64. The Labute approximate surface area is 262 Å². The Morgan fingerprint density at radius 2 is 1.75 bits per heavy atom. The van der Waals surface area contributed by atoms with Gasteiger partial charge in [0.1, 0.15) is 17.6 Å². The van der Waals surface area contributed by atoms with Gasteiger partial charge >= 0.3 is 11.9 Å². The molecule has 0 saturated carbocycles. The second-order valence-electron chi connectivity index (χ2n) is 13.4. The molecule has 0 unspecified atom stereocenters. The summed E-state index contributed by atoms with van der Waals surface area (Å²) < 4.78 is 30.4. The Morgan fingerprint density at radius 1 is 1.14 bits per heavy atom. The Kier molecular flexibility index (Phi) is 13.3. The number of carbonyl (C=O) groups excluding carboxylic acids is 4. The highest BCUT2D eigenvalue weighted by molar-refractivity contribution is 6.00. The van der Waals surface area contributed by atoms with Gasteiger partial charge < -0.3 is 33.7 Å². The summed E-state index contributed by atoms with van der Waals surface area (Å²) in [5, 5.41) is 11.3. The molecule has 0 aliphatic carbocycles. The number of Topliss-reactive ketones (excluding diaryl/α,β-unsaturated/α-hetero) is 2. The molecular weight excluding hydrogens is 570 g/mol. The van der Waals surface area contributed by atoms with Crippen LogP contribution >= 0.6 is 0 Å². The van der Waals surface area contributed by atoms with Crippen molar-refractivity contribution in [2.75, 3.05) is 21.2 Å². The number of hydrogen-bond acceptors (Lipinski definition) is 11.